The molecule has 1 aliphatic rings. The Hall–Kier alpha value is -1.45. The van der Waals surface area contributed by atoms with Crippen LogP contribution in [0.4, 0.5) is 0 Å². The van der Waals surface area contributed by atoms with Crippen molar-refractivity contribution < 1.29 is 26.4 Å². The minimum Gasteiger partial charge on any atom is -0.465 e. The van der Waals surface area contributed by atoms with Gasteiger partial charge in [0.05, 0.1) is 29.1 Å². The molecule has 0 amide bonds. The molecule has 1 aliphatic heterocycles. The molecular formula is C13H17NO6S2. The molecule has 0 saturated carbocycles. The highest BCUT2D eigenvalue weighted by atomic mass is 32.2. The number of ether oxygens (including phenoxy) is 1. The first-order valence-corrected chi connectivity index (χ1v) is 9.80. The minimum absolute atomic E-state index is 0.0142. The third-order valence-corrected chi connectivity index (χ3v) is 7.31. The summed E-state index contributed by atoms with van der Waals surface area (Å²) >= 11 is 0. The molecule has 0 aliphatic carbocycles. The summed E-state index contributed by atoms with van der Waals surface area (Å²) in [5.41, 5.74) is 0.121. The molecule has 0 spiro atoms. The fourth-order valence-electron chi connectivity index (χ4n) is 2.33. The minimum atomic E-state index is -3.88. The second kappa shape index (κ2) is 5.98. The van der Waals surface area contributed by atoms with Crippen LogP contribution in [0.2, 0.25) is 0 Å². The molecule has 1 aromatic carbocycles. The van der Waals surface area contributed by atoms with Crippen molar-refractivity contribution in [3.8, 4) is 0 Å². The van der Waals surface area contributed by atoms with E-state index in [0.29, 0.717) is 0 Å². The number of rotatable bonds is 4. The van der Waals surface area contributed by atoms with Crippen LogP contribution in [-0.2, 0) is 24.6 Å². The maximum absolute atomic E-state index is 12.6. The summed E-state index contributed by atoms with van der Waals surface area (Å²) in [4.78, 5) is 11.4. The number of methoxy groups -OCH3 is 1. The smallest absolute Gasteiger partial charge is 0.337 e. The van der Waals surface area contributed by atoms with Crippen LogP contribution in [0.15, 0.2) is 29.2 Å². The summed E-state index contributed by atoms with van der Waals surface area (Å²) in [7, 11) is -4.50. The van der Waals surface area contributed by atoms with Gasteiger partial charge in [-0.25, -0.2) is 21.6 Å². The summed E-state index contributed by atoms with van der Waals surface area (Å²) in [5, 5.41) is 0. The van der Waals surface area contributed by atoms with Crippen molar-refractivity contribution in [1.29, 1.82) is 0 Å². The van der Waals surface area contributed by atoms with E-state index >= 15 is 0 Å². The molecule has 122 valence electrons. The first-order chi connectivity index (χ1) is 10.2. The molecule has 0 bridgehead atoms. The molecule has 7 nitrogen and oxygen atoms in total. The molecular weight excluding hydrogens is 330 g/mol. The van der Waals surface area contributed by atoms with Crippen LogP contribution in [0, 0.1) is 0 Å². The third-order valence-electron chi connectivity index (χ3n) is 3.65. The average Bonchev–Trinajstić information content (AvgIpc) is 2.85. The molecule has 1 fully saturated rings. The van der Waals surface area contributed by atoms with E-state index in [-0.39, 0.29) is 28.4 Å². The summed E-state index contributed by atoms with van der Waals surface area (Å²) in [6, 6.07) is 4.89. The lowest BCUT2D eigenvalue weighted by Crippen LogP contribution is -2.37. The van der Waals surface area contributed by atoms with E-state index in [1.165, 1.54) is 38.4 Å². The predicted molar refractivity (Wildman–Crippen MR) is 79.8 cm³/mol. The number of carbonyl (C=O) groups excluding carboxylic acids is 1. The van der Waals surface area contributed by atoms with E-state index in [1.807, 2.05) is 0 Å². The van der Waals surface area contributed by atoms with E-state index in [4.69, 9.17) is 0 Å². The molecule has 1 atom stereocenters. The highest BCUT2D eigenvalue weighted by Gasteiger charge is 2.36. The van der Waals surface area contributed by atoms with Gasteiger partial charge in [0, 0.05) is 13.1 Å². The van der Waals surface area contributed by atoms with Gasteiger partial charge in [-0.2, -0.15) is 4.31 Å². The number of carbonyl (C=O) groups is 1. The molecule has 22 heavy (non-hydrogen) atoms. The van der Waals surface area contributed by atoms with Gasteiger partial charge in [-0.3, -0.25) is 0 Å². The Morgan fingerprint density at radius 2 is 2.05 bits per heavy atom. The number of hydrogen-bond donors (Lipinski definition) is 0. The summed E-state index contributed by atoms with van der Waals surface area (Å²) < 4.78 is 53.8. The van der Waals surface area contributed by atoms with Crippen molar-refractivity contribution in [3.63, 3.8) is 0 Å². The molecule has 1 saturated heterocycles. The second-order valence-corrected chi connectivity index (χ2v) is 9.32. The zero-order valence-corrected chi connectivity index (χ0v) is 13.9. The van der Waals surface area contributed by atoms with Crippen LogP contribution in [0.3, 0.4) is 0 Å². The van der Waals surface area contributed by atoms with Gasteiger partial charge in [0.1, 0.15) is 0 Å². The molecule has 0 aromatic heterocycles. The maximum atomic E-state index is 12.6. The lowest BCUT2D eigenvalue weighted by molar-refractivity contribution is 0.0600. The lowest BCUT2D eigenvalue weighted by atomic mass is 10.2. The third kappa shape index (κ3) is 3.31. The Labute approximate surface area is 129 Å². The lowest BCUT2D eigenvalue weighted by Gasteiger charge is -2.22. The number of sulfonamides is 1. The van der Waals surface area contributed by atoms with Gasteiger partial charge in [-0.05, 0) is 24.6 Å². The Morgan fingerprint density at radius 3 is 2.59 bits per heavy atom. The van der Waals surface area contributed by atoms with Crippen molar-refractivity contribution in [2.75, 3.05) is 25.7 Å². The molecule has 0 N–H and O–H groups in total. The van der Waals surface area contributed by atoms with Crippen molar-refractivity contribution >= 4 is 25.8 Å². The van der Waals surface area contributed by atoms with Gasteiger partial charge in [0.15, 0.2) is 9.84 Å². The standard InChI is InChI=1S/C13H17NO6S2/c1-14(11-6-7-21(16,17)9-11)22(18,19)12-5-3-4-10(8-12)13(15)20-2/h3-5,8,11H,6-7,9H2,1-2H3. The van der Waals surface area contributed by atoms with Crippen molar-refractivity contribution in [3.05, 3.63) is 29.8 Å². The number of esters is 1. The second-order valence-electron chi connectivity index (χ2n) is 5.10. The van der Waals surface area contributed by atoms with E-state index < -0.39 is 31.9 Å². The average molecular weight is 347 g/mol. The van der Waals surface area contributed by atoms with Gasteiger partial charge >= 0.3 is 5.97 Å². The Bertz CT molecular complexity index is 785. The number of sulfone groups is 1. The van der Waals surface area contributed by atoms with Crippen molar-refractivity contribution in [2.45, 2.75) is 17.4 Å². The summed E-state index contributed by atoms with van der Waals surface area (Å²) in [6.07, 6.45) is 0.273. The van der Waals surface area contributed by atoms with Gasteiger partial charge in [0.25, 0.3) is 0 Å². The topological polar surface area (TPSA) is 97.8 Å². The first-order valence-electron chi connectivity index (χ1n) is 6.54. The largest absolute Gasteiger partial charge is 0.465 e. The van der Waals surface area contributed by atoms with Crippen molar-refractivity contribution in [1.82, 2.24) is 4.31 Å². The first kappa shape index (κ1) is 16.9. The van der Waals surface area contributed by atoms with E-state index in [0.717, 1.165) is 4.31 Å². The number of nitrogens with zero attached hydrogens (tertiary/aromatic N) is 1. The van der Waals surface area contributed by atoms with E-state index in [2.05, 4.69) is 4.74 Å². The van der Waals surface area contributed by atoms with Crippen LogP contribution in [0.25, 0.3) is 0 Å². The molecule has 1 unspecified atom stereocenters. The SMILES string of the molecule is COC(=O)c1cccc(S(=O)(=O)N(C)C2CCS(=O)(=O)C2)c1. The predicted octanol–water partition coefficient (Wildman–Crippen LogP) is 0.281. The van der Waals surface area contributed by atoms with Crippen LogP contribution < -0.4 is 0 Å². The highest BCUT2D eigenvalue weighted by molar-refractivity contribution is 7.92. The highest BCUT2D eigenvalue weighted by Crippen LogP contribution is 2.24. The molecule has 1 aromatic rings. The van der Waals surface area contributed by atoms with Gasteiger partial charge < -0.3 is 4.74 Å². The summed E-state index contributed by atoms with van der Waals surface area (Å²) in [6.45, 7) is 0. The maximum Gasteiger partial charge on any atom is 0.337 e. The number of benzene rings is 1. The fourth-order valence-corrected chi connectivity index (χ4v) is 5.63. The van der Waals surface area contributed by atoms with Gasteiger partial charge in [-0.15, -0.1) is 0 Å². The van der Waals surface area contributed by atoms with Gasteiger partial charge in [0.2, 0.25) is 10.0 Å². The zero-order chi connectivity index (χ0) is 16.5. The number of hydrogen-bond acceptors (Lipinski definition) is 6. The fraction of sp³-hybridized carbons (Fsp3) is 0.462. The quantitative estimate of drug-likeness (QED) is 0.726. The molecule has 9 heteroatoms. The zero-order valence-electron chi connectivity index (χ0n) is 12.2. The van der Waals surface area contributed by atoms with Crippen molar-refractivity contribution in [2.24, 2.45) is 0 Å². The van der Waals surface area contributed by atoms with Crippen LogP contribution in [0.5, 0.6) is 0 Å². The Balaban J connectivity index is 2.32. The summed E-state index contributed by atoms with van der Waals surface area (Å²) in [5.74, 6) is -0.831. The molecule has 1 heterocycles. The van der Waals surface area contributed by atoms with Crippen LogP contribution in [0.1, 0.15) is 16.8 Å². The van der Waals surface area contributed by atoms with E-state index in [1.54, 1.807) is 0 Å². The Morgan fingerprint density at radius 1 is 1.36 bits per heavy atom. The molecule has 0 radical (unpaired) electrons. The monoisotopic (exact) mass is 347 g/mol. The van der Waals surface area contributed by atoms with Gasteiger partial charge in [-0.1, -0.05) is 6.07 Å². The van der Waals surface area contributed by atoms with E-state index in [9.17, 15) is 21.6 Å². The Kier molecular flexibility index (Phi) is 4.59. The normalized spacial score (nSPS) is 21.0. The molecule has 2 rings (SSSR count). The van der Waals surface area contributed by atoms with Crippen LogP contribution in [-0.4, -0.2) is 58.8 Å². The van der Waals surface area contributed by atoms with Crippen LogP contribution >= 0.6 is 0 Å².